The van der Waals surface area contributed by atoms with Crippen molar-refractivity contribution >= 4 is 101 Å². The fourth-order valence-corrected chi connectivity index (χ4v) is 7.45. The topological polar surface area (TPSA) is 427 Å². The van der Waals surface area contributed by atoms with Crippen molar-refractivity contribution in [1.29, 1.82) is 0 Å². The quantitative estimate of drug-likeness (QED) is 0.0328. The van der Waals surface area contributed by atoms with Gasteiger partial charge in [-0.05, 0) is 43.7 Å². The van der Waals surface area contributed by atoms with Gasteiger partial charge in [-0.1, -0.05) is 52.3 Å². The van der Waals surface area contributed by atoms with Crippen LogP contribution in [0.1, 0.15) is 72.8 Å². The number of thiol groups is 2. The number of benzene rings is 1. The number of para-hydroxylation sites is 1. The summed E-state index contributed by atoms with van der Waals surface area (Å²) in [6, 6.07) is -7.60. The van der Waals surface area contributed by atoms with Crippen LogP contribution in [-0.4, -0.2) is 174 Å². The van der Waals surface area contributed by atoms with E-state index in [1.165, 1.54) is 6.20 Å². The predicted octanol–water partition coefficient (Wildman–Crippen LogP) is -3.34. The number of carboxylic acids is 3. The minimum absolute atomic E-state index is 0.0586. The number of aromatic nitrogens is 1. The van der Waals surface area contributed by atoms with Gasteiger partial charge in [-0.2, -0.15) is 25.3 Å². The first-order valence-electron chi connectivity index (χ1n) is 23.1. The number of aromatic amines is 1. The highest BCUT2D eigenvalue weighted by atomic mass is 32.1. The molecule has 0 spiro atoms. The summed E-state index contributed by atoms with van der Waals surface area (Å²) in [5, 5.41) is 69.1. The molecule has 2 rings (SSSR count). The summed E-state index contributed by atoms with van der Waals surface area (Å²) in [6.07, 6.45) is -4.23. The zero-order chi connectivity index (χ0) is 55.4. The van der Waals surface area contributed by atoms with Gasteiger partial charge >= 0.3 is 17.9 Å². The normalized spacial score (nSPS) is 16.2. The Labute approximate surface area is 431 Å². The molecule has 1 aromatic carbocycles. The Kier molecular flexibility index (Phi) is 25.6. The number of carboxylic acid groups (broad SMARTS) is 3. The number of carbonyl (C=O) groups is 11. The smallest absolute Gasteiger partial charge is 0.327 e. The predicted molar refractivity (Wildman–Crippen MR) is 268 cm³/mol. The number of fused-ring (bicyclic) bond motifs is 1. The van der Waals surface area contributed by atoms with Crippen LogP contribution in [-0.2, 0) is 59.2 Å². The van der Waals surface area contributed by atoms with Gasteiger partial charge in [-0.25, -0.2) is 4.79 Å². The first-order valence-corrected chi connectivity index (χ1v) is 24.4. The molecule has 0 unspecified atom stereocenters. The molecule has 0 saturated heterocycles. The molecule has 2 aromatic rings. The highest BCUT2D eigenvalue weighted by molar-refractivity contribution is 7.80. The Morgan fingerprint density at radius 3 is 1.55 bits per heavy atom. The van der Waals surface area contributed by atoms with Crippen LogP contribution in [0.5, 0.6) is 0 Å². The summed E-state index contributed by atoms with van der Waals surface area (Å²) in [4.78, 5) is 147. The Hall–Kier alpha value is -6.49. The molecule has 0 bridgehead atoms. The van der Waals surface area contributed by atoms with E-state index < -0.39 is 163 Å². The first kappa shape index (κ1) is 62.6. The molecule has 12 atom stereocenters. The van der Waals surface area contributed by atoms with Crippen molar-refractivity contribution in [1.82, 2.24) is 47.5 Å². The molecule has 0 aliphatic heterocycles. The molecule has 8 amide bonds. The van der Waals surface area contributed by atoms with Crippen molar-refractivity contribution in [3.05, 3.63) is 36.0 Å². The van der Waals surface area contributed by atoms with Gasteiger partial charge in [0.05, 0.1) is 24.7 Å². The summed E-state index contributed by atoms with van der Waals surface area (Å²) in [5.41, 5.74) is 6.79. The maximum atomic E-state index is 14.4. The third kappa shape index (κ3) is 19.5. The second-order valence-corrected chi connectivity index (χ2v) is 18.4. The highest BCUT2D eigenvalue weighted by Crippen LogP contribution is 2.20. The number of aliphatic carboxylic acids is 3. The van der Waals surface area contributed by atoms with E-state index in [0.29, 0.717) is 16.5 Å². The fourth-order valence-electron chi connectivity index (χ4n) is 7.03. The van der Waals surface area contributed by atoms with Crippen molar-refractivity contribution in [3.63, 3.8) is 0 Å². The largest absolute Gasteiger partial charge is 0.481 e. The number of aliphatic hydroxyl groups is 2. The van der Waals surface area contributed by atoms with Gasteiger partial charge in [0.25, 0.3) is 0 Å². The number of hydrogen-bond acceptors (Lipinski definition) is 16. The van der Waals surface area contributed by atoms with Crippen molar-refractivity contribution in [2.45, 2.75) is 140 Å². The van der Waals surface area contributed by atoms with Crippen LogP contribution in [0.2, 0.25) is 0 Å². The number of aliphatic hydroxyl groups excluding tert-OH is 2. The van der Waals surface area contributed by atoms with Crippen molar-refractivity contribution < 1.29 is 78.3 Å². The number of H-pyrrole nitrogens is 1. The fraction of sp³-hybridized carbons (Fsp3) is 0.578. The van der Waals surface area contributed by atoms with E-state index in [2.05, 4.69) is 72.8 Å². The number of carbonyl (C=O) groups excluding carboxylic acids is 8. The maximum absolute atomic E-state index is 14.4. The number of rotatable bonds is 31. The molecule has 0 aliphatic rings. The lowest BCUT2D eigenvalue weighted by Gasteiger charge is -2.30. The first-order chi connectivity index (χ1) is 34.2. The molecular formula is C45H68N10O16S2. The highest BCUT2D eigenvalue weighted by Gasteiger charge is 2.39. The maximum Gasteiger partial charge on any atom is 0.327 e. The molecule has 0 radical (unpaired) electrons. The van der Waals surface area contributed by atoms with Crippen LogP contribution in [0, 0.1) is 11.8 Å². The lowest BCUT2D eigenvalue weighted by Crippen LogP contribution is -2.64. The van der Waals surface area contributed by atoms with E-state index in [1.807, 2.05) is 0 Å². The molecule has 73 heavy (non-hydrogen) atoms. The Morgan fingerprint density at radius 1 is 0.575 bits per heavy atom. The molecule has 0 saturated carbocycles. The van der Waals surface area contributed by atoms with Gasteiger partial charge in [0.15, 0.2) is 0 Å². The zero-order valence-corrected chi connectivity index (χ0v) is 42.8. The lowest BCUT2D eigenvalue weighted by molar-refractivity contribution is -0.142. The summed E-state index contributed by atoms with van der Waals surface area (Å²) < 4.78 is 0. The van der Waals surface area contributed by atoms with Crippen molar-refractivity contribution in [2.75, 3.05) is 11.5 Å². The monoisotopic (exact) mass is 1070 g/mol. The number of nitrogens with two attached hydrogens (primary N) is 1. The van der Waals surface area contributed by atoms with E-state index in [1.54, 1.807) is 52.0 Å². The van der Waals surface area contributed by atoms with Gasteiger partial charge in [0.2, 0.25) is 47.3 Å². The van der Waals surface area contributed by atoms with Gasteiger partial charge in [0.1, 0.15) is 48.3 Å². The summed E-state index contributed by atoms with van der Waals surface area (Å²) in [6.45, 7) is 8.55. The van der Waals surface area contributed by atoms with Crippen LogP contribution in [0.25, 0.3) is 10.9 Å². The van der Waals surface area contributed by atoms with Crippen LogP contribution in [0.15, 0.2) is 30.5 Å². The molecule has 406 valence electrons. The van der Waals surface area contributed by atoms with Crippen LogP contribution in [0.3, 0.4) is 0 Å². The molecule has 26 nitrogen and oxygen atoms in total. The van der Waals surface area contributed by atoms with Crippen LogP contribution in [0.4, 0.5) is 0 Å². The average molecular weight is 1070 g/mol. The lowest BCUT2D eigenvalue weighted by atomic mass is 9.96. The van der Waals surface area contributed by atoms with E-state index >= 15 is 0 Å². The van der Waals surface area contributed by atoms with E-state index in [4.69, 9.17) is 5.73 Å². The third-order valence-corrected chi connectivity index (χ3v) is 12.3. The minimum atomic E-state index is -2.03. The molecular weight excluding hydrogens is 1000 g/mol. The third-order valence-electron chi connectivity index (χ3n) is 11.5. The number of hydrogen-bond donors (Lipinski definition) is 17. The second-order valence-electron chi connectivity index (χ2n) is 17.7. The van der Waals surface area contributed by atoms with E-state index in [9.17, 15) is 78.3 Å². The molecule has 0 aliphatic carbocycles. The van der Waals surface area contributed by atoms with Gasteiger partial charge < -0.3 is 78.8 Å². The molecule has 1 aromatic heterocycles. The molecule has 28 heteroatoms. The van der Waals surface area contributed by atoms with Gasteiger partial charge in [-0.15, -0.1) is 0 Å². The van der Waals surface area contributed by atoms with Crippen LogP contribution < -0.4 is 48.3 Å². The Bertz CT molecular complexity index is 2300. The molecule has 0 fully saturated rings. The summed E-state index contributed by atoms with van der Waals surface area (Å²) >= 11 is 7.88. The van der Waals surface area contributed by atoms with Crippen molar-refractivity contribution in [3.8, 4) is 0 Å². The Morgan fingerprint density at radius 2 is 1.04 bits per heavy atom. The number of amides is 8. The standard InChI is InChI=1S/C45H68N10O16S2/c1-7-20(4)34(42(67)48-27(12-13-31(58)59)38(63)51-30(18-73)45(70)71)53-40(65)28(14-23-16-47-26-11-9-8-10-24(23)26)49-39(64)29(15-32(60)61)50-43(68)35(21(5)56)55-44(69)36(22(6)57)54-41(66)33(19(2)3)52-37(62)25(46)17-72/h8-11,16,19-22,25,27-30,33-36,47,56-57,72-73H,7,12-15,17-18,46H2,1-6H3,(H,48,67)(H,49,64)(H,50,68)(H,51,63)(H,52,62)(H,53,65)(H,54,66)(H,55,69)(H,58,59)(H,60,61)(H,70,71)/t20-,21+,22+,25-,27-,28-,29-,30-,33-,34-,35-,36-/m0/s1. The molecule has 1 heterocycles. The van der Waals surface area contributed by atoms with Crippen LogP contribution >= 0.6 is 25.3 Å². The summed E-state index contributed by atoms with van der Waals surface area (Å²) in [7, 11) is 0. The van der Waals surface area contributed by atoms with E-state index in [0.717, 1.165) is 13.8 Å². The summed E-state index contributed by atoms with van der Waals surface area (Å²) in [5.74, 6) is -14.7. The van der Waals surface area contributed by atoms with Gasteiger partial charge in [0, 0.05) is 41.4 Å². The molecule has 16 N–H and O–H groups in total. The number of nitrogens with one attached hydrogen (secondary N) is 9. The SMILES string of the molecule is CC[C@H](C)[C@H](NC(=O)[C@H](Cc1c[nH]c2ccccc12)NC(=O)[C@H](CC(=O)O)NC(=O)[C@@H](NC(=O)[C@@H](NC(=O)[C@@H](NC(=O)[C@@H](N)CS)C(C)C)[C@@H](C)O)[C@@H](C)O)C(=O)N[C@@H](CCC(=O)O)C(=O)N[C@@H](CS)C(=O)O. The Balaban J connectivity index is 2.52. The second kappa shape index (κ2) is 29.9. The zero-order valence-electron chi connectivity index (χ0n) is 41.0. The van der Waals surface area contributed by atoms with Crippen molar-refractivity contribution in [2.24, 2.45) is 17.6 Å². The average Bonchev–Trinajstić information content (AvgIpc) is 3.73. The minimum Gasteiger partial charge on any atom is -0.481 e. The van der Waals surface area contributed by atoms with E-state index in [-0.39, 0.29) is 24.3 Å². The van der Waals surface area contributed by atoms with Gasteiger partial charge in [-0.3, -0.25) is 47.9 Å².